The molecule has 2 aliphatic heterocycles. The van der Waals surface area contributed by atoms with Gasteiger partial charge in [-0.3, -0.25) is 19.2 Å². The van der Waals surface area contributed by atoms with Crippen LogP contribution in [0.5, 0.6) is 17.2 Å². The molecule has 2 atom stereocenters. The molecule has 0 fully saturated rings. The van der Waals surface area contributed by atoms with Crippen molar-refractivity contribution in [3.8, 4) is 28.4 Å². The molecule has 0 bridgehead atoms. The molecule has 14 heteroatoms. The zero-order valence-electron chi connectivity index (χ0n) is 23.7. The Labute approximate surface area is 253 Å². The van der Waals surface area contributed by atoms with Crippen molar-refractivity contribution in [1.29, 1.82) is 0 Å². The van der Waals surface area contributed by atoms with Gasteiger partial charge in [-0.15, -0.1) is 0 Å². The van der Waals surface area contributed by atoms with E-state index in [0.717, 1.165) is 11.1 Å². The van der Waals surface area contributed by atoms with Crippen LogP contribution in [0.3, 0.4) is 0 Å². The van der Waals surface area contributed by atoms with Gasteiger partial charge in [0.2, 0.25) is 17.5 Å². The Hall–Kier alpha value is -5.14. The van der Waals surface area contributed by atoms with E-state index >= 15 is 0 Å². The van der Waals surface area contributed by atoms with E-state index in [1.165, 1.54) is 4.90 Å². The molecule has 3 aromatic rings. The number of carbonyl (C=O) groups excluding carboxylic acids is 3. The van der Waals surface area contributed by atoms with Gasteiger partial charge in [0, 0.05) is 18.2 Å². The van der Waals surface area contributed by atoms with E-state index in [1.807, 2.05) is 12.1 Å². The summed E-state index contributed by atoms with van der Waals surface area (Å²) in [5.74, 6) is -11.6. The maximum Gasteiger partial charge on any atom is 0.305 e. The molecule has 0 saturated heterocycles. The standard InChI is InChI=1S/C31H26F4N2O8/c1-2-22(30(41)36-21(12-26(39)40)23(38)14-45-29-27(34)19(32)11-20(33)28(29)35)37-13-17-4-3-15(9-18(17)31(37)42)16-5-6-24-25(10-16)44-8-7-43-24/h3-6,9-11,21-22H,2,7-8,12-14H2,1H3,(H,36,41)(H,39,40)/t21-,22-/m0/s1. The first-order chi connectivity index (χ1) is 21.5. The van der Waals surface area contributed by atoms with Gasteiger partial charge in [0.15, 0.2) is 34.7 Å². The van der Waals surface area contributed by atoms with Gasteiger partial charge in [-0.1, -0.05) is 25.1 Å². The van der Waals surface area contributed by atoms with Gasteiger partial charge in [0.25, 0.3) is 5.91 Å². The maximum atomic E-state index is 13.9. The molecule has 236 valence electrons. The Kier molecular flexibility index (Phi) is 8.93. The lowest BCUT2D eigenvalue weighted by Crippen LogP contribution is -2.52. The highest BCUT2D eigenvalue weighted by Gasteiger charge is 2.37. The van der Waals surface area contributed by atoms with E-state index in [4.69, 9.17) is 9.47 Å². The number of halogens is 4. The Morgan fingerprint density at radius 3 is 2.27 bits per heavy atom. The predicted octanol–water partition coefficient (Wildman–Crippen LogP) is 4.02. The first-order valence-corrected chi connectivity index (χ1v) is 13.8. The molecule has 0 spiro atoms. The topological polar surface area (TPSA) is 131 Å². The van der Waals surface area contributed by atoms with Crippen LogP contribution in [0.2, 0.25) is 0 Å². The average Bonchev–Trinajstić information content (AvgIpc) is 3.34. The molecule has 3 aromatic carbocycles. The van der Waals surface area contributed by atoms with Crippen LogP contribution in [0.4, 0.5) is 17.6 Å². The largest absolute Gasteiger partial charge is 0.486 e. The summed E-state index contributed by atoms with van der Waals surface area (Å²) in [6.45, 7) is 1.30. The summed E-state index contributed by atoms with van der Waals surface area (Å²) < 4.78 is 70.7. The molecule has 0 saturated carbocycles. The molecular weight excluding hydrogens is 604 g/mol. The summed E-state index contributed by atoms with van der Waals surface area (Å²) in [5.41, 5.74) is 2.49. The van der Waals surface area contributed by atoms with Crippen molar-refractivity contribution in [1.82, 2.24) is 10.2 Å². The summed E-state index contributed by atoms with van der Waals surface area (Å²) in [4.78, 5) is 52.3. The van der Waals surface area contributed by atoms with Gasteiger partial charge in [0.1, 0.15) is 31.9 Å². The van der Waals surface area contributed by atoms with Crippen molar-refractivity contribution in [2.45, 2.75) is 38.4 Å². The molecule has 2 aliphatic rings. The van der Waals surface area contributed by atoms with Gasteiger partial charge < -0.3 is 29.5 Å². The van der Waals surface area contributed by atoms with Crippen molar-refractivity contribution in [2.75, 3.05) is 19.8 Å². The van der Waals surface area contributed by atoms with Crippen LogP contribution in [-0.4, -0.2) is 65.5 Å². The lowest BCUT2D eigenvalue weighted by atomic mass is 10.00. The molecule has 10 nitrogen and oxygen atoms in total. The molecule has 5 rings (SSSR count). The van der Waals surface area contributed by atoms with Crippen LogP contribution in [0, 0.1) is 23.3 Å². The van der Waals surface area contributed by atoms with E-state index in [1.54, 1.807) is 31.2 Å². The minimum atomic E-state index is -1.89. The Bertz CT molecular complexity index is 1670. The summed E-state index contributed by atoms with van der Waals surface area (Å²) in [6, 6.07) is 7.73. The lowest BCUT2D eigenvalue weighted by molar-refractivity contribution is -0.141. The number of ketones is 1. The number of carbonyl (C=O) groups is 4. The molecule has 45 heavy (non-hydrogen) atoms. The lowest BCUT2D eigenvalue weighted by Gasteiger charge is -2.27. The van der Waals surface area contributed by atoms with Crippen molar-refractivity contribution in [3.05, 3.63) is 76.9 Å². The third kappa shape index (κ3) is 6.40. The fourth-order valence-electron chi connectivity index (χ4n) is 5.13. The van der Waals surface area contributed by atoms with E-state index < -0.39 is 77.7 Å². The fourth-order valence-corrected chi connectivity index (χ4v) is 5.13. The number of amides is 2. The molecule has 2 amide bonds. The molecule has 0 unspecified atom stereocenters. The van der Waals surface area contributed by atoms with Crippen LogP contribution in [-0.2, 0) is 20.9 Å². The molecule has 2 heterocycles. The number of benzene rings is 3. The third-order valence-corrected chi connectivity index (χ3v) is 7.40. The van der Waals surface area contributed by atoms with Gasteiger partial charge in [0.05, 0.1) is 6.42 Å². The SMILES string of the molecule is CC[C@@H](C(=O)N[C@@H](CC(=O)O)C(=O)COc1c(F)c(F)cc(F)c1F)N1Cc2ccc(-c3ccc4c(c3)OCCO4)cc2C1=O. The van der Waals surface area contributed by atoms with Crippen molar-refractivity contribution < 1.29 is 56.1 Å². The number of aliphatic carboxylic acids is 1. The number of carboxylic acid groups (broad SMARTS) is 1. The average molecular weight is 631 g/mol. The molecular formula is C31H26F4N2O8. The second kappa shape index (κ2) is 12.8. The second-order valence-electron chi connectivity index (χ2n) is 10.3. The van der Waals surface area contributed by atoms with Crippen molar-refractivity contribution in [3.63, 3.8) is 0 Å². The maximum absolute atomic E-state index is 13.9. The summed E-state index contributed by atoms with van der Waals surface area (Å²) in [5, 5.41) is 11.6. The number of rotatable bonds is 11. The van der Waals surface area contributed by atoms with E-state index in [9.17, 15) is 41.8 Å². The Morgan fingerprint density at radius 1 is 0.956 bits per heavy atom. The van der Waals surface area contributed by atoms with Crippen LogP contribution in [0.25, 0.3) is 11.1 Å². The Balaban J connectivity index is 1.30. The van der Waals surface area contributed by atoms with Gasteiger partial charge in [-0.2, -0.15) is 8.78 Å². The summed E-state index contributed by atoms with van der Waals surface area (Å²) >= 11 is 0. The van der Waals surface area contributed by atoms with Crippen molar-refractivity contribution >= 4 is 23.6 Å². The first-order valence-electron chi connectivity index (χ1n) is 13.8. The highest BCUT2D eigenvalue weighted by atomic mass is 19.2. The number of nitrogens with one attached hydrogen (secondary N) is 1. The zero-order chi connectivity index (χ0) is 32.4. The Morgan fingerprint density at radius 2 is 1.60 bits per heavy atom. The number of ether oxygens (including phenoxy) is 3. The minimum absolute atomic E-state index is 0.0468. The molecule has 0 radical (unpaired) electrons. The van der Waals surface area contributed by atoms with Crippen LogP contribution >= 0.6 is 0 Å². The number of fused-ring (bicyclic) bond motifs is 2. The number of carboxylic acids is 1. The third-order valence-electron chi connectivity index (χ3n) is 7.40. The first kappa shape index (κ1) is 31.3. The highest BCUT2D eigenvalue weighted by molar-refractivity contribution is 6.03. The number of Topliss-reactive ketones (excluding diaryl/α,β-unsaturated/α-hetero) is 1. The van der Waals surface area contributed by atoms with E-state index in [0.29, 0.717) is 35.8 Å². The van der Waals surface area contributed by atoms with Gasteiger partial charge in [-0.05, 0) is 41.3 Å². The smallest absolute Gasteiger partial charge is 0.305 e. The fraction of sp³-hybridized carbons (Fsp3) is 0.290. The second-order valence-corrected chi connectivity index (χ2v) is 10.3. The van der Waals surface area contributed by atoms with Gasteiger partial charge in [-0.25, -0.2) is 8.78 Å². The summed E-state index contributed by atoms with van der Waals surface area (Å²) in [6.07, 6.45) is -0.857. The normalized spacial score (nSPS) is 14.9. The minimum Gasteiger partial charge on any atom is -0.486 e. The molecule has 0 aromatic heterocycles. The predicted molar refractivity (Wildman–Crippen MR) is 148 cm³/mol. The molecule has 2 N–H and O–H groups in total. The van der Waals surface area contributed by atoms with E-state index in [-0.39, 0.29) is 19.0 Å². The summed E-state index contributed by atoms with van der Waals surface area (Å²) in [7, 11) is 0. The number of hydrogen-bond donors (Lipinski definition) is 2. The quantitative estimate of drug-likeness (QED) is 0.240. The van der Waals surface area contributed by atoms with Crippen LogP contribution < -0.4 is 19.5 Å². The van der Waals surface area contributed by atoms with Gasteiger partial charge >= 0.3 is 5.97 Å². The monoisotopic (exact) mass is 630 g/mol. The van der Waals surface area contributed by atoms with Crippen LogP contribution in [0.15, 0.2) is 42.5 Å². The van der Waals surface area contributed by atoms with Crippen molar-refractivity contribution in [2.24, 2.45) is 0 Å². The molecule has 0 aliphatic carbocycles. The van der Waals surface area contributed by atoms with E-state index in [2.05, 4.69) is 10.1 Å². The highest BCUT2D eigenvalue weighted by Crippen LogP contribution is 2.36. The zero-order valence-corrected chi connectivity index (χ0v) is 23.7. The number of nitrogens with zero attached hydrogens (tertiary/aromatic N) is 1. The number of hydrogen-bond acceptors (Lipinski definition) is 7. The van der Waals surface area contributed by atoms with Crippen LogP contribution in [0.1, 0.15) is 35.7 Å².